The summed E-state index contributed by atoms with van der Waals surface area (Å²) in [5, 5.41) is 4.50. The van der Waals surface area contributed by atoms with Gasteiger partial charge in [-0.2, -0.15) is 13.2 Å². The predicted octanol–water partition coefficient (Wildman–Crippen LogP) is 8.55. The Morgan fingerprint density at radius 3 is 2.31 bits per heavy atom. The zero-order valence-electron chi connectivity index (χ0n) is 21.2. The third-order valence-corrected chi connectivity index (χ3v) is 9.13. The number of fused-ring (bicyclic) bond motifs is 1. The average Bonchev–Trinajstić information content (AvgIpc) is 3.28. The lowest BCUT2D eigenvalue weighted by Crippen LogP contribution is -2.44. The van der Waals surface area contributed by atoms with Crippen LogP contribution in [0.5, 0.6) is 0 Å². The highest BCUT2D eigenvalue weighted by atomic mass is 35.5. The molecule has 1 heterocycles. The summed E-state index contributed by atoms with van der Waals surface area (Å²) in [6.07, 6.45) is -1.13. The van der Waals surface area contributed by atoms with Gasteiger partial charge in [-0.05, 0) is 74.2 Å². The second kappa shape index (κ2) is 11.3. The molecular weight excluding hydrogens is 548 g/mol. The lowest BCUT2D eigenvalue weighted by atomic mass is 9.89. The monoisotopic (exact) mass is 574 g/mol. The van der Waals surface area contributed by atoms with Gasteiger partial charge in [-0.25, -0.2) is 4.39 Å². The third kappa shape index (κ3) is 5.83. The van der Waals surface area contributed by atoms with Crippen LogP contribution in [0.15, 0.2) is 66.7 Å². The maximum Gasteiger partial charge on any atom is 0.416 e. The average molecular weight is 575 g/mol. The number of hydrogen-bond donors (Lipinski definition) is 1. The minimum Gasteiger partial charge on any atom is -0.330 e. The zero-order valence-corrected chi connectivity index (χ0v) is 22.8. The summed E-state index contributed by atoms with van der Waals surface area (Å²) in [6.45, 7) is 0.0264. The highest BCUT2D eigenvalue weighted by Gasteiger charge is 2.32. The molecule has 9 heteroatoms. The van der Waals surface area contributed by atoms with E-state index in [0.717, 1.165) is 47.9 Å². The number of amides is 1. The van der Waals surface area contributed by atoms with Crippen molar-refractivity contribution in [3.8, 4) is 11.1 Å². The van der Waals surface area contributed by atoms with E-state index in [1.807, 2.05) is 31.3 Å². The van der Waals surface area contributed by atoms with Gasteiger partial charge in [-0.1, -0.05) is 48.0 Å². The van der Waals surface area contributed by atoms with E-state index >= 15 is 4.39 Å². The number of hydrogen-bond acceptors (Lipinski definition) is 3. The van der Waals surface area contributed by atoms with Crippen LogP contribution >= 0.6 is 22.9 Å². The topological polar surface area (TPSA) is 32.3 Å². The van der Waals surface area contributed by atoms with E-state index in [2.05, 4.69) is 5.32 Å². The fourth-order valence-corrected chi connectivity index (χ4v) is 6.70. The predicted molar refractivity (Wildman–Crippen MR) is 149 cm³/mol. The number of nitrogens with one attached hydrogen (secondary N) is 1. The number of rotatable bonds is 6. The fourth-order valence-electron chi connectivity index (χ4n) is 5.24. The molecule has 1 aromatic heterocycles. The fraction of sp³-hybridized carbons (Fsp3) is 0.300. The second-order valence-electron chi connectivity index (χ2n) is 9.85. The highest BCUT2D eigenvalue weighted by molar-refractivity contribution is 7.21. The van der Waals surface area contributed by atoms with Gasteiger partial charge in [0.25, 0.3) is 5.91 Å². The first-order valence-corrected chi connectivity index (χ1v) is 14.0. The van der Waals surface area contributed by atoms with Crippen molar-refractivity contribution in [2.75, 3.05) is 7.05 Å². The van der Waals surface area contributed by atoms with Crippen molar-refractivity contribution in [2.24, 2.45) is 0 Å². The van der Waals surface area contributed by atoms with Crippen molar-refractivity contribution in [1.29, 1.82) is 0 Å². The lowest BCUT2D eigenvalue weighted by Gasteiger charge is -2.37. The molecule has 3 aromatic carbocycles. The number of alkyl halides is 3. The lowest BCUT2D eigenvalue weighted by molar-refractivity contribution is -0.137. The van der Waals surface area contributed by atoms with Crippen LogP contribution < -0.4 is 5.32 Å². The summed E-state index contributed by atoms with van der Waals surface area (Å²) < 4.78 is 55.1. The van der Waals surface area contributed by atoms with Crippen LogP contribution in [0.1, 0.15) is 46.5 Å². The van der Waals surface area contributed by atoms with E-state index in [-0.39, 0.29) is 18.5 Å². The van der Waals surface area contributed by atoms with Crippen molar-refractivity contribution in [2.45, 2.75) is 50.5 Å². The first kappa shape index (κ1) is 27.6. The van der Waals surface area contributed by atoms with Gasteiger partial charge < -0.3 is 10.2 Å². The summed E-state index contributed by atoms with van der Waals surface area (Å²) >= 11 is 7.99. The molecule has 1 N–H and O–H groups in total. The largest absolute Gasteiger partial charge is 0.416 e. The SMILES string of the molecule is CN[C@H]1CC[C@H](N(Cc2cc(-c3ccc(C(F)(F)F)cc3)ccc2F)C(=O)c2sc3ccccc3c2Cl)CC1. The molecule has 4 aromatic rings. The Morgan fingerprint density at radius 1 is 1.00 bits per heavy atom. The second-order valence-corrected chi connectivity index (χ2v) is 11.3. The summed E-state index contributed by atoms with van der Waals surface area (Å²) in [5.74, 6) is -0.719. The van der Waals surface area contributed by atoms with Gasteiger partial charge in [0, 0.05) is 34.3 Å². The van der Waals surface area contributed by atoms with E-state index in [1.165, 1.54) is 35.6 Å². The van der Waals surface area contributed by atoms with Crippen molar-refractivity contribution in [1.82, 2.24) is 10.2 Å². The molecule has 0 saturated heterocycles. The third-order valence-electron chi connectivity index (χ3n) is 7.47. The van der Waals surface area contributed by atoms with E-state index < -0.39 is 17.6 Å². The van der Waals surface area contributed by atoms with Gasteiger partial charge in [0.05, 0.1) is 10.6 Å². The normalized spacial score (nSPS) is 17.9. The van der Waals surface area contributed by atoms with Gasteiger partial charge in [-0.3, -0.25) is 4.79 Å². The molecule has 1 aliphatic rings. The number of carbonyl (C=O) groups is 1. The Kier molecular flexibility index (Phi) is 7.99. The molecule has 0 radical (unpaired) electrons. The molecule has 5 rings (SSSR count). The Morgan fingerprint density at radius 2 is 1.67 bits per heavy atom. The molecule has 39 heavy (non-hydrogen) atoms. The number of halogens is 5. The Labute approximate surface area is 233 Å². The molecule has 204 valence electrons. The zero-order chi connectivity index (χ0) is 27.7. The van der Waals surface area contributed by atoms with Gasteiger partial charge >= 0.3 is 6.18 Å². The van der Waals surface area contributed by atoms with Gasteiger partial charge in [0.2, 0.25) is 0 Å². The Hall–Kier alpha value is -2.94. The van der Waals surface area contributed by atoms with Crippen LogP contribution in [0.2, 0.25) is 5.02 Å². The molecule has 1 fully saturated rings. The molecule has 1 saturated carbocycles. The maximum absolute atomic E-state index is 15.1. The Balaban J connectivity index is 1.48. The molecule has 0 bridgehead atoms. The molecule has 3 nitrogen and oxygen atoms in total. The molecule has 1 amide bonds. The maximum atomic E-state index is 15.1. The summed E-state index contributed by atoms with van der Waals surface area (Å²) in [7, 11) is 1.92. The van der Waals surface area contributed by atoms with Crippen LogP contribution in [0.3, 0.4) is 0 Å². The van der Waals surface area contributed by atoms with Crippen molar-refractivity contribution in [3.63, 3.8) is 0 Å². The summed E-state index contributed by atoms with van der Waals surface area (Å²) in [4.78, 5) is 16.1. The first-order valence-electron chi connectivity index (χ1n) is 12.8. The number of nitrogens with zero attached hydrogens (tertiary/aromatic N) is 1. The van der Waals surface area contributed by atoms with E-state index in [9.17, 15) is 18.0 Å². The Bertz CT molecular complexity index is 1480. The van der Waals surface area contributed by atoms with Crippen LogP contribution in [0, 0.1) is 5.82 Å². The molecule has 0 aliphatic heterocycles. The quantitative estimate of drug-likeness (QED) is 0.234. The molecule has 1 aliphatic carbocycles. The smallest absolute Gasteiger partial charge is 0.330 e. The summed E-state index contributed by atoms with van der Waals surface area (Å²) in [6, 6.07) is 17.0. The number of benzene rings is 3. The molecule has 0 unspecified atom stereocenters. The first-order chi connectivity index (χ1) is 18.7. The van der Waals surface area contributed by atoms with Gasteiger partial charge in [0.1, 0.15) is 10.7 Å². The molecular formula is C30H27ClF4N2OS. The van der Waals surface area contributed by atoms with Crippen LogP contribution in [-0.2, 0) is 12.7 Å². The van der Waals surface area contributed by atoms with Crippen LogP contribution in [-0.4, -0.2) is 29.9 Å². The van der Waals surface area contributed by atoms with Crippen LogP contribution in [0.4, 0.5) is 17.6 Å². The molecule has 0 spiro atoms. The number of thiophene rings is 1. The minimum atomic E-state index is -4.44. The highest BCUT2D eigenvalue weighted by Crippen LogP contribution is 2.38. The van der Waals surface area contributed by atoms with E-state index in [4.69, 9.17) is 11.6 Å². The van der Waals surface area contributed by atoms with Crippen molar-refractivity contribution < 1.29 is 22.4 Å². The van der Waals surface area contributed by atoms with Gasteiger partial charge in [0.15, 0.2) is 0 Å². The van der Waals surface area contributed by atoms with Crippen molar-refractivity contribution >= 4 is 38.9 Å². The standard InChI is InChI=1S/C30H27ClF4N2OS/c1-36-22-11-13-23(14-12-22)37(29(38)28-27(31)24-4-2-3-5-26(24)39-28)17-20-16-19(8-15-25(20)32)18-6-9-21(10-7-18)30(33,34)35/h2-10,15-16,22-23,36H,11-14,17H2,1H3/t22-,23-. The van der Waals surface area contributed by atoms with Gasteiger partial charge in [-0.15, -0.1) is 11.3 Å². The summed E-state index contributed by atoms with van der Waals surface area (Å²) in [5.41, 5.74) is 0.659. The van der Waals surface area contributed by atoms with Crippen LogP contribution in [0.25, 0.3) is 21.2 Å². The number of carbonyl (C=O) groups excluding carboxylic acids is 1. The van der Waals surface area contributed by atoms with Crippen molar-refractivity contribution in [3.05, 3.63) is 93.6 Å². The van der Waals surface area contributed by atoms with E-state index in [1.54, 1.807) is 11.0 Å². The molecule has 0 atom stereocenters. The van der Waals surface area contributed by atoms with E-state index in [0.29, 0.717) is 32.6 Å². The minimum absolute atomic E-state index is 0.0264.